The van der Waals surface area contributed by atoms with Gasteiger partial charge in [0.1, 0.15) is 5.82 Å². The number of rotatable bonds is 8. The molecular weight excluding hydrogens is 535 g/mol. The Morgan fingerprint density at radius 2 is 1.64 bits per heavy atom. The molecule has 3 aromatic rings. The predicted molar refractivity (Wildman–Crippen MR) is 159 cm³/mol. The van der Waals surface area contributed by atoms with E-state index >= 15 is 0 Å². The van der Waals surface area contributed by atoms with Crippen molar-refractivity contribution in [3.8, 4) is 11.5 Å². The highest BCUT2D eigenvalue weighted by atomic mass is 19.1. The first-order valence-corrected chi connectivity index (χ1v) is 14.6. The maximum absolute atomic E-state index is 13.9. The first-order valence-electron chi connectivity index (χ1n) is 14.6. The molecule has 0 saturated carbocycles. The fraction of sp³-hybridized carbons (Fsp3) is 0.394. The number of piperazine rings is 1. The second-order valence-corrected chi connectivity index (χ2v) is 11.1. The Labute approximate surface area is 246 Å². The van der Waals surface area contributed by atoms with Crippen LogP contribution in [0.4, 0.5) is 10.1 Å². The van der Waals surface area contributed by atoms with Crippen molar-refractivity contribution in [2.45, 2.75) is 24.8 Å². The Morgan fingerprint density at radius 3 is 2.38 bits per heavy atom. The minimum Gasteiger partial charge on any atom is -0.493 e. The van der Waals surface area contributed by atoms with Crippen molar-refractivity contribution in [1.29, 1.82) is 0 Å². The number of nitrogens with one attached hydrogen (secondary N) is 1. The molecule has 9 heteroatoms. The van der Waals surface area contributed by atoms with E-state index in [0.29, 0.717) is 36.6 Å². The van der Waals surface area contributed by atoms with Gasteiger partial charge >= 0.3 is 0 Å². The molecule has 1 fully saturated rings. The van der Waals surface area contributed by atoms with Gasteiger partial charge in [-0.2, -0.15) is 0 Å². The fourth-order valence-electron chi connectivity index (χ4n) is 6.64. The average Bonchev–Trinajstić information content (AvgIpc) is 3.03. The molecule has 0 radical (unpaired) electrons. The summed E-state index contributed by atoms with van der Waals surface area (Å²) in [5, 5.41) is 3.20. The van der Waals surface area contributed by atoms with Gasteiger partial charge in [-0.1, -0.05) is 18.2 Å². The molecule has 2 atom stereocenters. The summed E-state index contributed by atoms with van der Waals surface area (Å²) in [6.07, 6.45) is 1.51. The van der Waals surface area contributed by atoms with Crippen molar-refractivity contribution >= 4 is 17.5 Å². The fourth-order valence-corrected chi connectivity index (χ4v) is 6.64. The number of hydrogen-bond acceptors (Lipinski definition) is 6. The number of fused-ring (bicyclic) bond motifs is 4. The van der Waals surface area contributed by atoms with E-state index in [-0.39, 0.29) is 17.6 Å². The lowest BCUT2D eigenvalue weighted by Gasteiger charge is -2.45. The van der Waals surface area contributed by atoms with Crippen LogP contribution in [-0.2, 0) is 11.2 Å². The number of carbonyl (C=O) groups excluding carboxylic acids is 2. The Balaban J connectivity index is 1.14. The largest absolute Gasteiger partial charge is 0.493 e. The molecule has 0 unspecified atom stereocenters. The summed E-state index contributed by atoms with van der Waals surface area (Å²) in [5.41, 5.74) is 4.40. The lowest BCUT2D eigenvalue weighted by Crippen LogP contribution is -2.50. The van der Waals surface area contributed by atoms with Gasteiger partial charge in [-0.3, -0.25) is 14.5 Å². The molecule has 3 aromatic carbocycles. The number of amides is 2. The smallest absolute Gasteiger partial charge is 0.254 e. The lowest BCUT2D eigenvalue weighted by atomic mass is 9.75. The molecule has 1 N–H and O–H groups in total. The van der Waals surface area contributed by atoms with E-state index in [1.54, 1.807) is 14.2 Å². The van der Waals surface area contributed by atoms with Crippen LogP contribution in [0.25, 0.3) is 0 Å². The van der Waals surface area contributed by atoms with Gasteiger partial charge in [0, 0.05) is 50.5 Å². The number of nitrogens with zero attached hydrogens (tertiary/aromatic N) is 3. The number of carbonyl (C=O) groups is 2. The van der Waals surface area contributed by atoms with Crippen LogP contribution < -0.4 is 19.7 Å². The Hall–Kier alpha value is -4.11. The van der Waals surface area contributed by atoms with Crippen molar-refractivity contribution < 1.29 is 23.5 Å². The van der Waals surface area contributed by atoms with E-state index in [2.05, 4.69) is 15.1 Å². The Kier molecular flexibility index (Phi) is 8.02. The number of anilines is 1. The summed E-state index contributed by atoms with van der Waals surface area (Å²) >= 11 is 0. The molecule has 3 heterocycles. The van der Waals surface area contributed by atoms with Crippen molar-refractivity contribution in [1.82, 2.24) is 15.1 Å². The number of benzene rings is 3. The number of halogens is 1. The van der Waals surface area contributed by atoms with Crippen LogP contribution in [0.3, 0.4) is 0 Å². The summed E-state index contributed by atoms with van der Waals surface area (Å²) in [4.78, 5) is 34.0. The molecule has 6 rings (SSSR count). The monoisotopic (exact) mass is 572 g/mol. The molecule has 2 amide bonds. The minimum absolute atomic E-state index is 0.0418. The number of hydrogen-bond donors (Lipinski definition) is 1. The van der Waals surface area contributed by atoms with E-state index in [9.17, 15) is 14.0 Å². The number of ether oxygens (including phenoxy) is 2. The predicted octanol–water partition coefficient (Wildman–Crippen LogP) is 4.01. The molecule has 8 nitrogen and oxygen atoms in total. The third kappa shape index (κ3) is 5.29. The zero-order valence-electron chi connectivity index (χ0n) is 24.1. The van der Waals surface area contributed by atoms with Gasteiger partial charge in [0.2, 0.25) is 5.91 Å². The van der Waals surface area contributed by atoms with Gasteiger partial charge in [-0.05, 0) is 78.5 Å². The SMILES string of the molecule is COc1cc2c(cc1OC)[C@H]1[C@H](C(=O)NCCCN3CCN(c4ccc(F)cc4)CC3)c3ccccc3C(=O)N1CC2. The maximum atomic E-state index is 13.9. The van der Waals surface area contributed by atoms with E-state index in [4.69, 9.17) is 9.47 Å². The first-order chi connectivity index (χ1) is 20.5. The van der Waals surface area contributed by atoms with Gasteiger partial charge in [0.05, 0.1) is 26.2 Å². The molecule has 3 aliphatic heterocycles. The minimum atomic E-state index is -0.532. The second-order valence-electron chi connectivity index (χ2n) is 11.1. The van der Waals surface area contributed by atoms with Gasteiger partial charge in [0.15, 0.2) is 11.5 Å². The molecule has 0 aliphatic carbocycles. The summed E-state index contributed by atoms with van der Waals surface area (Å²) < 4.78 is 24.4. The van der Waals surface area contributed by atoms with E-state index in [0.717, 1.165) is 61.5 Å². The zero-order valence-corrected chi connectivity index (χ0v) is 24.1. The molecule has 0 bridgehead atoms. The third-order valence-electron chi connectivity index (χ3n) is 8.82. The Bertz CT molecular complexity index is 1450. The van der Waals surface area contributed by atoms with E-state index in [1.165, 1.54) is 12.1 Å². The normalized spacial score (nSPS) is 19.9. The van der Waals surface area contributed by atoms with Crippen molar-refractivity contribution in [3.05, 3.63) is 88.7 Å². The van der Waals surface area contributed by atoms with Crippen LogP contribution in [0, 0.1) is 5.82 Å². The topological polar surface area (TPSA) is 74.4 Å². The van der Waals surface area contributed by atoms with Crippen LogP contribution in [-0.4, -0.2) is 81.6 Å². The summed E-state index contributed by atoms with van der Waals surface area (Å²) in [7, 11) is 3.21. The van der Waals surface area contributed by atoms with Crippen LogP contribution in [0.1, 0.15) is 45.4 Å². The summed E-state index contributed by atoms with van der Waals surface area (Å²) in [6, 6.07) is 17.6. The quantitative estimate of drug-likeness (QED) is 0.412. The molecule has 0 aromatic heterocycles. The van der Waals surface area contributed by atoms with Crippen LogP contribution >= 0.6 is 0 Å². The average molecular weight is 573 g/mol. The molecule has 42 heavy (non-hydrogen) atoms. The molecule has 0 spiro atoms. The van der Waals surface area contributed by atoms with Crippen LogP contribution in [0.5, 0.6) is 11.5 Å². The Morgan fingerprint density at radius 1 is 0.929 bits per heavy atom. The molecule has 3 aliphatic rings. The van der Waals surface area contributed by atoms with Gasteiger partial charge in [-0.15, -0.1) is 0 Å². The standard InChI is InChI=1S/C33H37FN4O4/c1-41-28-20-22-12-15-38-31(27(22)21-29(28)42-2)30(25-6-3-4-7-26(25)33(38)40)32(39)35-13-5-14-36-16-18-37(19-17-36)24-10-8-23(34)9-11-24/h3-4,6-11,20-21,30-31H,5,12-19H2,1-2H3,(H,35,39)/t30-,31+/m1/s1. The zero-order chi connectivity index (χ0) is 29.2. The van der Waals surface area contributed by atoms with Gasteiger partial charge in [-0.25, -0.2) is 4.39 Å². The highest BCUT2D eigenvalue weighted by Gasteiger charge is 2.46. The van der Waals surface area contributed by atoms with Crippen molar-refractivity contribution in [2.75, 3.05) is 64.9 Å². The van der Waals surface area contributed by atoms with E-state index < -0.39 is 12.0 Å². The van der Waals surface area contributed by atoms with Gasteiger partial charge < -0.3 is 24.6 Å². The second kappa shape index (κ2) is 12.0. The first kappa shape index (κ1) is 28.0. The molecular formula is C33H37FN4O4. The van der Waals surface area contributed by atoms with Gasteiger partial charge in [0.25, 0.3) is 5.91 Å². The third-order valence-corrected chi connectivity index (χ3v) is 8.82. The molecule has 1 saturated heterocycles. The van der Waals surface area contributed by atoms with Crippen LogP contribution in [0.15, 0.2) is 60.7 Å². The molecule has 220 valence electrons. The maximum Gasteiger partial charge on any atom is 0.254 e. The summed E-state index contributed by atoms with van der Waals surface area (Å²) in [5.74, 6) is 0.363. The number of methoxy groups -OCH3 is 2. The summed E-state index contributed by atoms with van der Waals surface area (Å²) in [6.45, 7) is 5.58. The van der Waals surface area contributed by atoms with Crippen molar-refractivity contribution in [3.63, 3.8) is 0 Å². The van der Waals surface area contributed by atoms with E-state index in [1.807, 2.05) is 53.4 Å². The van der Waals surface area contributed by atoms with Crippen molar-refractivity contribution in [2.24, 2.45) is 0 Å². The van der Waals surface area contributed by atoms with Crippen LogP contribution in [0.2, 0.25) is 0 Å². The lowest BCUT2D eigenvalue weighted by molar-refractivity contribution is -0.124. The highest BCUT2D eigenvalue weighted by molar-refractivity contribution is 6.01. The highest BCUT2D eigenvalue weighted by Crippen LogP contribution is 2.48.